The third kappa shape index (κ3) is 6.36. The van der Waals surface area contributed by atoms with Crippen molar-refractivity contribution in [3.05, 3.63) is 29.8 Å². The molecule has 0 radical (unpaired) electrons. The number of hydrogen-bond acceptors (Lipinski definition) is 5. The number of nitriles is 1. The van der Waals surface area contributed by atoms with Crippen LogP contribution in [0.4, 0.5) is 10.5 Å². The molecular formula is C24H36N6O2. The van der Waals surface area contributed by atoms with Gasteiger partial charge in [-0.05, 0) is 57.4 Å². The average Bonchev–Trinajstić information content (AvgIpc) is 3.06. The van der Waals surface area contributed by atoms with Crippen LogP contribution < -0.4 is 10.2 Å². The largest absolute Gasteiger partial charge is 0.371 e. The lowest BCUT2D eigenvalue weighted by molar-refractivity contribution is -0.132. The molecule has 0 spiro atoms. The molecular weight excluding hydrogens is 404 g/mol. The van der Waals surface area contributed by atoms with Crippen molar-refractivity contribution in [2.24, 2.45) is 0 Å². The molecule has 0 aliphatic carbocycles. The SMILES string of the molecule is CCN(CC)C(=O)CN1CCCN(C(=O)NC2CCN(c3ccc(C#N)cc3)CC2)CC1. The number of amides is 3. The Bertz CT molecular complexity index is 794. The van der Waals surface area contributed by atoms with Gasteiger partial charge in [-0.15, -0.1) is 0 Å². The lowest BCUT2D eigenvalue weighted by Crippen LogP contribution is -2.50. The number of anilines is 1. The Morgan fingerprint density at radius 3 is 2.34 bits per heavy atom. The average molecular weight is 441 g/mol. The Labute approximate surface area is 191 Å². The first-order valence-corrected chi connectivity index (χ1v) is 11.8. The molecule has 0 unspecified atom stereocenters. The molecule has 8 nitrogen and oxygen atoms in total. The highest BCUT2D eigenvalue weighted by Gasteiger charge is 2.25. The van der Waals surface area contributed by atoms with E-state index in [1.807, 2.05) is 47.9 Å². The molecule has 1 aromatic carbocycles. The number of urea groups is 1. The molecule has 3 amide bonds. The van der Waals surface area contributed by atoms with Crippen molar-refractivity contribution in [1.82, 2.24) is 20.0 Å². The lowest BCUT2D eigenvalue weighted by Gasteiger charge is -2.35. The summed E-state index contributed by atoms with van der Waals surface area (Å²) in [4.78, 5) is 33.5. The highest BCUT2D eigenvalue weighted by Crippen LogP contribution is 2.20. The minimum atomic E-state index is 0.0127. The summed E-state index contributed by atoms with van der Waals surface area (Å²) < 4.78 is 0. The number of likely N-dealkylation sites (N-methyl/N-ethyl adjacent to an activating group) is 1. The third-order valence-electron chi connectivity index (χ3n) is 6.53. The predicted molar refractivity (Wildman–Crippen MR) is 125 cm³/mol. The fraction of sp³-hybridized carbons (Fsp3) is 0.625. The van der Waals surface area contributed by atoms with Crippen LogP contribution in [-0.4, -0.2) is 91.6 Å². The van der Waals surface area contributed by atoms with Gasteiger partial charge >= 0.3 is 6.03 Å². The molecule has 2 aliphatic rings. The summed E-state index contributed by atoms with van der Waals surface area (Å²) >= 11 is 0. The molecule has 2 saturated heterocycles. The zero-order valence-corrected chi connectivity index (χ0v) is 19.4. The Kier molecular flexibility index (Phi) is 8.74. The maximum atomic E-state index is 12.8. The lowest BCUT2D eigenvalue weighted by atomic mass is 10.0. The third-order valence-corrected chi connectivity index (χ3v) is 6.53. The molecule has 174 valence electrons. The van der Waals surface area contributed by atoms with Crippen LogP contribution in [-0.2, 0) is 4.79 Å². The fourth-order valence-corrected chi connectivity index (χ4v) is 4.49. The van der Waals surface area contributed by atoms with Crippen molar-refractivity contribution in [2.75, 3.05) is 63.8 Å². The van der Waals surface area contributed by atoms with Gasteiger partial charge < -0.3 is 20.0 Å². The Hall–Kier alpha value is -2.79. The van der Waals surface area contributed by atoms with Gasteiger partial charge in [0.05, 0.1) is 18.2 Å². The molecule has 8 heteroatoms. The summed E-state index contributed by atoms with van der Waals surface area (Å²) in [7, 11) is 0. The summed E-state index contributed by atoms with van der Waals surface area (Å²) in [5.41, 5.74) is 1.80. The summed E-state index contributed by atoms with van der Waals surface area (Å²) in [6, 6.07) is 10.0. The summed E-state index contributed by atoms with van der Waals surface area (Å²) in [6.07, 6.45) is 2.70. The van der Waals surface area contributed by atoms with E-state index in [9.17, 15) is 9.59 Å². The van der Waals surface area contributed by atoms with Gasteiger partial charge in [0.25, 0.3) is 0 Å². The van der Waals surface area contributed by atoms with E-state index in [1.54, 1.807) is 0 Å². The number of carbonyl (C=O) groups excluding carboxylic acids is 2. The molecule has 0 saturated carbocycles. The van der Waals surface area contributed by atoms with Gasteiger partial charge in [-0.3, -0.25) is 9.69 Å². The standard InChI is InChI=1S/C24H36N6O2/c1-3-28(4-2)23(31)19-27-12-5-13-30(17-16-27)24(32)26-21-10-14-29(15-11-21)22-8-6-20(18-25)7-9-22/h6-9,21H,3-5,10-17,19H2,1-2H3,(H,26,32). The molecule has 1 N–H and O–H groups in total. The van der Waals surface area contributed by atoms with Gasteiger partial charge in [0.2, 0.25) is 5.91 Å². The van der Waals surface area contributed by atoms with Crippen LogP contribution in [0.25, 0.3) is 0 Å². The van der Waals surface area contributed by atoms with Gasteiger partial charge in [-0.25, -0.2) is 4.79 Å². The maximum absolute atomic E-state index is 12.8. The number of nitrogens with zero attached hydrogens (tertiary/aromatic N) is 5. The number of rotatable bonds is 6. The van der Waals surface area contributed by atoms with E-state index in [1.165, 1.54) is 0 Å². The maximum Gasteiger partial charge on any atom is 0.317 e. The zero-order chi connectivity index (χ0) is 22.9. The van der Waals surface area contributed by atoms with Crippen molar-refractivity contribution in [2.45, 2.75) is 39.2 Å². The van der Waals surface area contributed by atoms with Crippen LogP contribution in [0.2, 0.25) is 0 Å². The molecule has 0 atom stereocenters. The molecule has 32 heavy (non-hydrogen) atoms. The van der Waals surface area contributed by atoms with Crippen LogP contribution >= 0.6 is 0 Å². The second-order valence-corrected chi connectivity index (χ2v) is 8.55. The first kappa shape index (κ1) is 23.9. The molecule has 0 aromatic heterocycles. The van der Waals surface area contributed by atoms with Crippen molar-refractivity contribution in [1.29, 1.82) is 5.26 Å². The van der Waals surface area contributed by atoms with Crippen molar-refractivity contribution >= 4 is 17.6 Å². The molecule has 1 aromatic rings. The number of nitrogens with one attached hydrogen (secondary N) is 1. The van der Waals surface area contributed by atoms with Gasteiger partial charge in [-0.2, -0.15) is 5.26 Å². The second-order valence-electron chi connectivity index (χ2n) is 8.55. The van der Waals surface area contributed by atoms with Crippen LogP contribution in [0.1, 0.15) is 38.7 Å². The monoisotopic (exact) mass is 440 g/mol. The van der Waals surface area contributed by atoms with Crippen LogP contribution in [0.5, 0.6) is 0 Å². The summed E-state index contributed by atoms with van der Waals surface area (Å²) in [5, 5.41) is 12.2. The molecule has 2 fully saturated rings. The molecule has 2 heterocycles. The molecule has 3 rings (SSSR count). The first-order valence-electron chi connectivity index (χ1n) is 11.8. The van der Waals surface area contributed by atoms with Crippen molar-refractivity contribution < 1.29 is 9.59 Å². The van der Waals surface area contributed by atoms with E-state index in [-0.39, 0.29) is 18.0 Å². The van der Waals surface area contributed by atoms with Crippen molar-refractivity contribution in [3.8, 4) is 6.07 Å². The van der Waals surface area contributed by atoms with E-state index in [0.717, 1.165) is 70.8 Å². The fourth-order valence-electron chi connectivity index (χ4n) is 4.49. The Morgan fingerprint density at radius 1 is 1.03 bits per heavy atom. The Balaban J connectivity index is 1.42. The first-order chi connectivity index (χ1) is 15.5. The number of carbonyl (C=O) groups is 2. The number of piperidine rings is 1. The summed E-state index contributed by atoms with van der Waals surface area (Å²) in [5.74, 6) is 0.168. The smallest absolute Gasteiger partial charge is 0.317 e. The molecule has 2 aliphatic heterocycles. The normalized spacial score (nSPS) is 18.0. The summed E-state index contributed by atoms with van der Waals surface area (Å²) in [6.45, 7) is 10.7. The number of hydrogen-bond donors (Lipinski definition) is 1. The number of benzene rings is 1. The predicted octanol–water partition coefficient (Wildman–Crippen LogP) is 2.11. The van der Waals surface area contributed by atoms with Gasteiger partial charge in [0, 0.05) is 64.1 Å². The quantitative estimate of drug-likeness (QED) is 0.733. The topological polar surface area (TPSA) is 82.9 Å². The van der Waals surface area contributed by atoms with Crippen LogP contribution in [0, 0.1) is 11.3 Å². The van der Waals surface area contributed by atoms with Gasteiger partial charge in [0.1, 0.15) is 0 Å². The van der Waals surface area contributed by atoms with Gasteiger partial charge in [-0.1, -0.05) is 0 Å². The minimum absolute atomic E-state index is 0.0127. The second kappa shape index (κ2) is 11.7. The molecule has 0 bridgehead atoms. The van der Waals surface area contributed by atoms with E-state index in [2.05, 4.69) is 21.2 Å². The minimum Gasteiger partial charge on any atom is -0.371 e. The van der Waals surface area contributed by atoms with E-state index < -0.39 is 0 Å². The highest BCUT2D eigenvalue weighted by molar-refractivity contribution is 5.78. The van der Waals surface area contributed by atoms with Crippen LogP contribution in [0.15, 0.2) is 24.3 Å². The zero-order valence-electron chi connectivity index (χ0n) is 19.4. The van der Waals surface area contributed by atoms with Crippen LogP contribution in [0.3, 0.4) is 0 Å². The Morgan fingerprint density at radius 2 is 1.72 bits per heavy atom. The van der Waals surface area contributed by atoms with Crippen molar-refractivity contribution in [3.63, 3.8) is 0 Å². The van der Waals surface area contributed by atoms with Gasteiger partial charge in [0.15, 0.2) is 0 Å². The van der Waals surface area contributed by atoms with E-state index >= 15 is 0 Å². The van der Waals surface area contributed by atoms with E-state index in [4.69, 9.17) is 5.26 Å². The van der Waals surface area contributed by atoms with E-state index in [0.29, 0.717) is 18.7 Å². The highest BCUT2D eigenvalue weighted by atomic mass is 16.2.